The molecule has 102 valence electrons. The van der Waals surface area contributed by atoms with Gasteiger partial charge < -0.3 is 14.7 Å². The molecule has 2 rings (SSSR count). The van der Waals surface area contributed by atoms with Crippen molar-refractivity contribution in [2.24, 2.45) is 0 Å². The van der Waals surface area contributed by atoms with Crippen molar-refractivity contribution >= 4 is 11.9 Å². The number of likely N-dealkylation sites (tertiary alicyclic amines) is 1. The van der Waals surface area contributed by atoms with Gasteiger partial charge in [-0.15, -0.1) is 0 Å². The Balaban J connectivity index is 2.26. The van der Waals surface area contributed by atoms with Crippen LogP contribution in [0.1, 0.15) is 28.8 Å². The highest BCUT2D eigenvalue weighted by Crippen LogP contribution is 2.24. The summed E-state index contributed by atoms with van der Waals surface area (Å²) in [6.07, 6.45) is 1.25. The lowest BCUT2D eigenvalue weighted by Crippen LogP contribution is -2.40. The molecule has 1 atom stereocenters. The van der Waals surface area contributed by atoms with E-state index in [-0.39, 0.29) is 5.91 Å². The first-order valence-electron chi connectivity index (χ1n) is 6.23. The first-order valence-corrected chi connectivity index (χ1v) is 6.23. The molecule has 1 heterocycles. The molecular weight excluding hydrogens is 246 g/mol. The summed E-state index contributed by atoms with van der Waals surface area (Å²) in [6.45, 7) is 2.38. The topological polar surface area (TPSA) is 66.8 Å². The molecule has 0 unspecified atom stereocenters. The van der Waals surface area contributed by atoms with E-state index in [0.717, 1.165) is 12.0 Å². The van der Waals surface area contributed by atoms with Crippen LogP contribution in [-0.4, -0.2) is 41.6 Å². The molecular formula is C14H17NO4. The Bertz CT molecular complexity index is 512. The van der Waals surface area contributed by atoms with Gasteiger partial charge in [-0.3, -0.25) is 4.79 Å². The molecule has 1 aliphatic heterocycles. The molecule has 1 aromatic rings. The van der Waals surface area contributed by atoms with E-state index in [0.29, 0.717) is 24.3 Å². The standard InChI is InChI=1S/C14H17NO4/c1-9-5-6-10(8-12(9)19-2)13(16)15-7-3-4-11(15)14(17)18/h5-6,8,11H,3-4,7H2,1-2H3,(H,17,18)/t11-/m1/s1. The molecule has 0 aliphatic carbocycles. The number of carbonyl (C=O) groups excluding carboxylic acids is 1. The van der Waals surface area contributed by atoms with Crippen LogP contribution in [0, 0.1) is 6.92 Å². The summed E-state index contributed by atoms with van der Waals surface area (Å²) >= 11 is 0. The molecule has 1 N–H and O–H groups in total. The number of carboxylic acids is 1. The van der Waals surface area contributed by atoms with Crippen LogP contribution in [0.5, 0.6) is 5.75 Å². The smallest absolute Gasteiger partial charge is 0.326 e. The maximum absolute atomic E-state index is 12.3. The SMILES string of the molecule is COc1cc(C(=O)N2CCC[C@@H]2C(=O)O)ccc1C. The molecule has 19 heavy (non-hydrogen) atoms. The van der Waals surface area contributed by atoms with Gasteiger partial charge in [0.25, 0.3) is 5.91 Å². The Kier molecular flexibility index (Phi) is 3.74. The van der Waals surface area contributed by atoms with Gasteiger partial charge >= 0.3 is 5.97 Å². The molecule has 0 aromatic heterocycles. The Labute approximate surface area is 111 Å². The van der Waals surface area contributed by atoms with Crippen molar-refractivity contribution in [3.8, 4) is 5.75 Å². The van der Waals surface area contributed by atoms with E-state index in [2.05, 4.69) is 0 Å². The Morgan fingerprint density at radius 2 is 2.16 bits per heavy atom. The second kappa shape index (κ2) is 5.30. The van der Waals surface area contributed by atoms with Gasteiger partial charge in [0, 0.05) is 12.1 Å². The predicted octanol–water partition coefficient (Wildman–Crippen LogP) is 1.69. The van der Waals surface area contributed by atoms with Crippen LogP contribution in [0.15, 0.2) is 18.2 Å². The third-order valence-electron chi connectivity index (χ3n) is 3.45. The number of carbonyl (C=O) groups is 2. The number of nitrogens with zero attached hydrogens (tertiary/aromatic N) is 1. The number of aryl methyl sites for hydroxylation is 1. The molecule has 5 heteroatoms. The van der Waals surface area contributed by atoms with Gasteiger partial charge in [0.15, 0.2) is 0 Å². The van der Waals surface area contributed by atoms with Gasteiger partial charge in [-0.2, -0.15) is 0 Å². The Morgan fingerprint density at radius 1 is 1.42 bits per heavy atom. The van der Waals surface area contributed by atoms with Gasteiger partial charge in [0.05, 0.1) is 7.11 Å². The third-order valence-corrected chi connectivity index (χ3v) is 3.45. The van der Waals surface area contributed by atoms with Crippen LogP contribution in [0.2, 0.25) is 0 Å². The highest BCUT2D eigenvalue weighted by molar-refractivity contribution is 5.97. The van der Waals surface area contributed by atoms with E-state index in [1.807, 2.05) is 6.92 Å². The average Bonchev–Trinajstić information content (AvgIpc) is 2.87. The van der Waals surface area contributed by atoms with Gasteiger partial charge in [-0.25, -0.2) is 4.79 Å². The van der Waals surface area contributed by atoms with Gasteiger partial charge in [-0.1, -0.05) is 6.07 Å². The maximum atomic E-state index is 12.3. The van der Waals surface area contributed by atoms with Crippen molar-refractivity contribution < 1.29 is 19.4 Å². The summed E-state index contributed by atoms with van der Waals surface area (Å²) in [5.41, 5.74) is 1.41. The minimum absolute atomic E-state index is 0.247. The van der Waals surface area contributed by atoms with Crippen molar-refractivity contribution in [3.05, 3.63) is 29.3 Å². The Hall–Kier alpha value is -2.04. The molecule has 5 nitrogen and oxygen atoms in total. The van der Waals surface area contributed by atoms with Crippen molar-refractivity contribution in [2.75, 3.05) is 13.7 Å². The van der Waals surface area contributed by atoms with Crippen molar-refractivity contribution in [2.45, 2.75) is 25.8 Å². The maximum Gasteiger partial charge on any atom is 0.326 e. The fourth-order valence-electron chi connectivity index (χ4n) is 2.39. The monoisotopic (exact) mass is 263 g/mol. The summed E-state index contributed by atoms with van der Waals surface area (Å²) in [5.74, 6) is -0.551. The quantitative estimate of drug-likeness (QED) is 0.901. The van der Waals surface area contributed by atoms with E-state index in [4.69, 9.17) is 9.84 Å². The van der Waals surface area contributed by atoms with Crippen LogP contribution in [0.3, 0.4) is 0 Å². The average molecular weight is 263 g/mol. The number of benzene rings is 1. The number of rotatable bonds is 3. The predicted molar refractivity (Wildman–Crippen MR) is 69.4 cm³/mol. The normalized spacial score (nSPS) is 18.4. The van der Waals surface area contributed by atoms with Gasteiger partial charge in [-0.05, 0) is 37.5 Å². The number of ether oxygens (including phenoxy) is 1. The molecule has 1 fully saturated rings. The van der Waals surface area contributed by atoms with Crippen molar-refractivity contribution in [1.29, 1.82) is 0 Å². The molecule has 1 aromatic carbocycles. The lowest BCUT2D eigenvalue weighted by atomic mass is 10.1. The van der Waals surface area contributed by atoms with Crippen molar-refractivity contribution in [1.82, 2.24) is 4.90 Å². The van der Waals surface area contributed by atoms with E-state index in [1.54, 1.807) is 25.3 Å². The summed E-state index contributed by atoms with van der Waals surface area (Å²) in [5, 5.41) is 9.11. The minimum Gasteiger partial charge on any atom is -0.496 e. The van der Waals surface area contributed by atoms with E-state index >= 15 is 0 Å². The third kappa shape index (κ3) is 2.54. The summed E-state index contributed by atoms with van der Waals surface area (Å²) in [7, 11) is 1.55. The molecule has 0 radical (unpaired) electrons. The van der Waals surface area contributed by atoms with Crippen LogP contribution in [0.25, 0.3) is 0 Å². The lowest BCUT2D eigenvalue weighted by molar-refractivity contribution is -0.141. The number of methoxy groups -OCH3 is 1. The number of amides is 1. The van der Waals surface area contributed by atoms with Crippen LogP contribution >= 0.6 is 0 Å². The second-order valence-electron chi connectivity index (χ2n) is 4.68. The number of hydrogen-bond donors (Lipinski definition) is 1. The zero-order valence-corrected chi connectivity index (χ0v) is 11.0. The van der Waals surface area contributed by atoms with Gasteiger partial charge in [0.2, 0.25) is 0 Å². The lowest BCUT2D eigenvalue weighted by Gasteiger charge is -2.21. The van der Waals surface area contributed by atoms with Crippen LogP contribution in [0.4, 0.5) is 0 Å². The minimum atomic E-state index is -0.940. The highest BCUT2D eigenvalue weighted by Gasteiger charge is 2.34. The fourth-order valence-corrected chi connectivity index (χ4v) is 2.39. The Morgan fingerprint density at radius 3 is 2.79 bits per heavy atom. The van der Waals surface area contributed by atoms with E-state index < -0.39 is 12.0 Å². The number of aliphatic carboxylic acids is 1. The summed E-state index contributed by atoms with van der Waals surface area (Å²) in [6, 6.07) is 4.46. The first kappa shape index (κ1) is 13.4. The molecule has 1 saturated heterocycles. The highest BCUT2D eigenvalue weighted by atomic mass is 16.5. The van der Waals surface area contributed by atoms with Crippen LogP contribution < -0.4 is 4.74 Å². The molecule has 0 spiro atoms. The largest absolute Gasteiger partial charge is 0.496 e. The fraction of sp³-hybridized carbons (Fsp3) is 0.429. The van der Waals surface area contributed by atoms with E-state index in [9.17, 15) is 9.59 Å². The van der Waals surface area contributed by atoms with Gasteiger partial charge in [0.1, 0.15) is 11.8 Å². The number of carboxylic acid groups (broad SMARTS) is 1. The van der Waals surface area contributed by atoms with Crippen LogP contribution in [-0.2, 0) is 4.79 Å². The zero-order chi connectivity index (χ0) is 14.0. The molecule has 1 amide bonds. The summed E-state index contributed by atoms with van der Waals surface area (Å²) < 4.78 is 5.19. The molecule has 1 aliphatic rings. The second-order valence-corrected chi connectivity index (χ2v) is 4.68. The molecule has 0 bridgehead atoms. The van der Waals surface area contributed by atoms with Crippen molar-refractivity contribution in [3.63, 3.8) is 0 Å². The molecule has 0 saturated carbocycles. The number of hydrogen-bond acceptors (Lipinski definition) is 3. The zero-order valence-electron chi connectivity index (χ0n) is 11.0. The summed E-state index contributed by atoms with van der Waals surface area (Å²) in [4.78, 5) is 24.9. The first-order chi connectivity index (χ1) is 9.04. The van der Waals surface area contributed by atoms with E-state index in [1.165, 1.54) is 4.90 Å².